The molecule has 2 rings (SSSR count). The Labute approximate surface area is 122 Å². The predicted octanol–water partition coefficient (Wildman–Crippen LogP) is 3.85. The van der Waals surface area contributed by atoms with Crippen LogP contribution in [0.15, 0.2) is 24.5 Å². The Bertz CT molecular complexity index is 395. The molecule has 1 aliphatic carbocycles. The van der Waals surface area contributed by atoms with Crippen LogP contribution < -0.4 is 5.73 Å². The number of hydrogen-bond acceptors (Lipinski definition) is 3. The van der Waals surface area contributed by atoms with E-state index in [4.69, 9.17) is 10.5 Å². The second-order valence-electron chi connectivity index (χ2n) is 6.77. The molecule has 1 heterocycles. The van der Waals surface area contributed by atoms with Crippen molar-refractivity contribution in [2.24, 2.45) is 11.1 Å². The molecule has 1 aromatic rings. The fourth-order valence-corrected chi connectivity index (χ4v) is 2.91. The van der Waals surface area contributed by atoms with Gasteiger partial charge in [-0.05, 0) is 55.2 Å². The first kappa shape index (κ1) is 15.5. The van der Waals surface area contributed by atoms with E-state index < -0.39 is 0 Å². The molecular formula is C17H28N2O. The molecule has 3 heteroatoms. The zero-order valence-corrected chi connectivity index (χ0v) is 13.0. The first-order valence-corrected chi connectivity index (χ1v) is 7.83. The average molecular weight is 276 g/mol. The molecule has 0 bridgehead atoms. The maximum absolute atomic E-state index is 6.37. The minimum Gasteiger partial charge on any atom is -0.369 e. The summed E-state index contributed by atoms with van der Waals surface area (Å²) >= 11 is 0. The maximum Gasteiger partial charge on any atom is 0.0980 e. The Morgan fingerprint density at radius 2 is 1.90 bits per heavy atom. The van der Waals surface area contributed by atoms with Crippen LogP contribution in [0.25, 0.3) is 0 Å². The second kappa shape index (κ2) is 6.68. The highest BCUT2D eigenvalue weighted by atomic mass is 16.5. The van der Waals surface area contributed by atoms with E-state index in [9.17, 15) is 0 Å². The molecule has 1 aromatic heterocycles. The summed E-state index contributed by atoms with van der Waals surface area (Å²) in [5.74, 6) is 0. The minimum atomic E-state index is -0.00536. The largest absolute Gasteiger partial charge is 0.369 e. The van der Waals surface area contributed by atoms with Crippen LogP contribution in [-0.2, 0) is 4.74 Å². The third-order valence-corrected chi connectivity index (χ3v) is 4.52. The fraction of sp³-hybridized carbons (Fsp3) is 0.706. The Hall–Kier alpha value is -0.930. The summed E-state index contributed by atoms with van der Waals surface area (Å²) in [6.07, 6.45) is 9.66. The molecule has 112 valence electrons. The molecule has 2 N–H and O–H groups in total. The van der Waals surface area contributed by atoms with Crippen molar-refractivity contribution < 1.29 is 4.74 Å². The van der Waals surface area contributed by atoms with E-state index in [0.717, 1.165) is 24.8 Å². The van der Waals surface area contributed by atoms with Gasteiger partial charge >= 0.3 is 0 Å². The van der Waals surface area contributed by atoms with Crippen molar-refractivity contribution in [1.82, 2.24) is 4.98 Å². The first-order valence-electron chi connectivity index (χ1n) is 7.83. The molecule has 2 atom stereocenters. The second-order valence-corrected chi connectivity index (χ2v) is 6.77. The van der Waals surface area contributed by atoms with Gasteiger partial charge in [0.25, 0.3) is 0 Å². The van der Waals surface area contributed by atoms with Gasteiger partial charge in [0.15, 0.2) is 0 Å². The summed E-state index contributed by atoms with van der Waals surface area (Å²) in [6.45, 7) is 6.81. The average Bonchev–Trinajstić information content (AvgIpc) is 2.46. The molecule has 20 heavy (non-hydrogen) atoms. The quantitative estimate of drug-likeness (QED) is 0.888. The van der Waals surface area contributed by atoms with Gasteiger partial charge in [0.1, 0.15) is 0 Å². The number of rotatable bonds is 5. The molecule has 0 amide bonds. The molecular weight excluding hydrogens is 248 g/mol. The third-order valence-electron chi connectivity index (χ3n) is 4.52. The van der Waals surface area contributed by atoms with Crippen molar-refractivity contribution in [3.63, 3.8) is 0 Å². The van der Waals surface area contributed by atoms with Crippen molar-refractivity contribution in [1.29, 1.82) is 0 Å². The molecule has 3 nitrogen and oxygen atoms in total. The van der Waals surface area contributed by atoms with E-state index in [2.05, 4.69) is 25.8 Å². The van der Waals surface area contributed by atoms with Gasteiger partial charge in [-0.15, -0.1) is 0 Å². The SMILES string of the molecule is CCC(N)C(OC1CCC(C)(C)CC1)c1ccncc1. The van der Waals surface area contributed by atoms with Gasteiger partial charge < -0.3 is 10.5 Å². The summed E-state index contributed by atoms with van der Waals surface area (Å²) in [7, 11) is 0. The van der Waals surface area contributed by atoms with Gasteiger partial charge in [0, 0.05) is 18.4 Å². The van der Waals surface area contributed by atoms with E-state index in [1.807, 2.05) is 24.5 Å². The summed E-state index contributed by atoms with van der Waals surface area (Å²) in [4.78, 5) is 4.08. The van der Waals surface area contributed by atoms with Gasteiger partial charge in [-0.25, -0.2) is 0 Å². The molecule has 0 saturated heterocycles. The number of nitrogens with zero attached hydrogens (tertiary/aromatic N) is 1. The van der Waals surface area contributed by atoms with Crippen LogP contribution in [0, 0.1) is 5.41 Å². The van der Waals surface area contributed by atoms with Crippen LogP contribution in [0.3, 0.4) is 0 Å². The molecule has 2 unspecified atom stereocenters. The minimum absolute atomic E-state index is 0.00536. The molecule has 0 aliphatic heterocycles. The summed E-state index contributed by atoms with van der Waals surface area (Å²) in [5, 5.41) is 0. The lowest BCUT2D eigenvalue weighted by atomic mass is 9.76. The molecule has 0 aromatic carbocycles. The van der Waals surface area contributed by atoms with Crippen LogP contribution in [0.5, 0.6) is 0 Å². The first-order chi connectivity index (χ1) is 9.52. The van der Waals surface area contributed by atoms with Gasteiger partial charge in [-0.2, -0.15) is 0 Å². The normalized spacial score (nSPS) is 22.4. The van der Waals surface area contributed by atoms with Crippen LogP contribution in [0.4, 0.5) is 0 Å². The molecule has 1 saturated carbocycles. The zero-order valence-electron chi connectivity index (χ0n) is 13.0. The smallest absolute Gasteiger partial charge is 0.0980 e. The van der Waals surface area contributed by atoms with Crippen LogP contribution in [0.1, 0.15) is 64.5 Å². The molecule has 1 fully saturated rings. The Morgan fingerprint density at radius 1 is 1.30 bits per heavy atom. The fourth-order valence-electron chi connectivity index (χ4n) is 2.91. The van der Waals surface area contributed by atoms with Crippen LogP contribution >= 0.6 is 0 Å². The maximum atomic E-state index is 6.37. The van der Waals surface area contributed by atoms with Crippen molar-refractivity contribution in [3.05, 3.63) is 30.1 Å². The van der Waals surface area contributed by atoms with Crippen molar-refractivity contribution >= 4 is 0 Å². The summed E-state index contributed by atoms with van der Waals surface area (Å²) in [6, 6.07) is 4.09. The lowest BCUT2D eigenvalue weighted by Crippen LogP contribution is -2.35. The van der Waals surface area contributed by atoms with E-state index in [1.54, 1.807) is 0 Å². The highest BCUT2D eigenvalue weighted by molar-refractivity contribution is 5.15. The molecule has 0 radical (unpaired) electrons. The van der Waals surface area contributed by atoms with Gasteiger partial charge in [0.05, 0.1) is 12.2 Å². The Balaban J connectivity index is 2.02. The molecule has 0 spiro atoms. The van der Waals surface area contributed by atoms with E-state index >= 15 is 0 Å². The Morgan fingerprint density at radius 3 is 2.45 bits per heavy atom. The van der Waals surface area contributed by atoms with Crippen LogP contribution in [0.2, 0.25) is 0 Å². The lowest BCUT2D eigenvalue weighted by molar-refractivity contribution is -0.0575. The topological polar surface area (TPSA) is 48.1 Å². The highest BCUT2D eigenvalue weighted by Gasteiger charge is 2.30. The van der Waals surface area contributed by atoms with Crippen molar-refractivity contribution in [2.75, 3.05) is 0 Å². The van der Waals surface area contributed by atoms with E-state index in [-0.39, 0.29) is 12.1 Å². The number of aromatic nitrogens is 1. The monoisotopic (exact) mass is 276 g/mol. The third kappa shape index (κ3) is 4.03. The van der Waals surface area contributed by atoms with Gasteiger partial charge in [-0.1, -0.05) is 20.8 Å². The van der Waals surface area contributed by atoms with Crippen molar-refractivity contribution in [3.8, 4) is 0 Å². The number of ether oxygens (including phenoxy) is 1. The van der Waals surface area contributed by atoms with Crippen LogP contribution in [-0.4, -0.2) is 17.1 Å². The summed E-state index contributed by atoms with van der Waals surface area (Å²) in [5.41, 5.74) is 7.90. The van der Waals surface area contributed by atoms with Crippen molar-refractivity contribution in [2.45, 2.75) is 71.1 Å². The number of nitrogens with two attached hydrogens (primary N) is 1. The zero-order chi connectivity index (χ0) is 14.6. The highest BCUT2D eigenvalue weighted by Crippen LogP contribution is 2.38. The predicted molar refractivity (Wildman–Crippen MR) is 82.4 cm³/mol. The number of hydrogen-bond donors (Lipinski definition) is 1. The van der Waals surface area contributed by atoms with Gasteiger partial charge in [0.2, 0.25) is 0 Å². The number of pyridine rings is 1. The summed E-state index contributed by atoms with van der Waals surface area (Å²) < 4.78 is 6.37. The van der Waals surface area contributed by atoms with E-state index in [0.29, 0.717) is 11.5 Å². The lowest BCUT2D eigenvalue weighted by Gasteiger charge is -2.37. The van der Waals surface area contributed by atoms with Gasteiger partial charge in [-0.3, -0.25) is 4.98 Å². The van der Waals surface area contributed by atoms with E-state index in [1.165, 1.54) is 12.8 Å². The molecule has 1 aliphatic rings. The Kier molecular flexibility index (Phi) is 5.17. The standard InChI is InChI=1S/C17H28N2O/c1-4-15(18)16(13-7-11-19-12-8-13)20-14-5-9-17(2,3)10-6-14/h7-8,11-12,14-16H,4-6,9-10,18H2,1-3H3.